The number of fused-ring (bicyclic) bond motifs is 6. The Labute approximate surface area is 310 Å². The van der Waals surface area contributed by atoms with Crippen LogP contribution >= 0.6 is 0 Å². The lowest BCUT2D eigenvalue weighted by atomic mass is 9.85. The molecule has 2 amide bonds. The fourth-order valence-electron chi connectivity index (χ4n) is 8.12. The number of carbonyl (C=O) groups is 2. The number of nitrogens with one attached hydrogen (secondary N) is 3. The lowest BCUT2D eigenvalue weighted by molar-refractivity contribution is -0.134. The van der Waals surface area contributed by atoms with Gasteiger partial charge in [-0.1, -0.05) is 18.9 Å². The van der Waals surface area contributed by atoms with E-state index in [4.69, 9.17) is 23.9 Å². The first-order valence-corrected chi connectivity index (χ1v) is 19.1. The highest BCUT2D eigenvalue weighted by Gasteiger charge is 2.38. The van der Waals surface area contributed by atoms with Crippen LogP contribution in [-0.4, -0.2) is 123 Å². The van der Waals surface area contributed by atoms with Crippen LogP contribution in [0.5, 0.6) is 11.5 Å². The standard InChI is InChI=1S/C40H51N7O6/c1-50-36-23-30-33(43-26-31-29-8-7-27(25-41)21-34(29)45-39(30)31)24-37(36)53-16-4-11-46-12-14-47(15-13-46)38(48)9-17-51-19-20-52-18-10-42-40(49)35-22-28-5-2-3-6-32(28)44-35/h7-8,21,23-24,26,28,32,35,44-45H,2-6,9-20,22H2,1H3,(H,42,49)/t28-,32-,35-/m0/s1. The van der Waals surface area contributed by atoms with Crippen molar-refractivity contribution in [1.29, 1.82) is 5.26 Å². The maximum absolute atomic E-state index is 12.7. The quantitative estimate of drug-likeness (QED) is 0.144. The van der Waals surface area contributed by atoms with E-state index in [0.717, 1.165) is 65.2 Å². The third-order valence-corrected chi connectivity index (χ3v) is 11.0. The zero-order chi connectivity index (χ0) is 36.6. The van der Waals surface area contributed by atoms with E-state index in [-0.39, 0.29) is 17.9 Å². The highest BCUT2D eigenvalue weighted by Crippen LogP contribution is 2.37. The Morgan fingerprint density at radius 1 is 0.962 bits per heavy atom. The predicted octanol–water partition coefficient (Wildman–Crippen LogP) is 4.12. The van der Waals surface area contributed by atoms with Crippen LogP contribution in [0.25, 0.3) is 32.7 Å². The Hall–Kier alpha value is -4.48. The molecule has 2 aromatic heterocycles. The van der Waals surface area contributed by atoms with Gasteiger partial charge in [0.05, 0.1) is 75.3 Å². The number of amides is 2. The lowest BCUT2D eigenvalue weighted by Crippen LogP contribution is -2.49. The van der Waals surface area contributed by atoms with Crippen LogP contribution in [0.15, 0.2) is 36.5 Å². The molecule has 0 spiro atoms. The number of rotatable bonds is 16. The second kappa shape index (κ2) is 17.6. The molecule has 3 aliphatic rings. The minimum Gasteiger partial charge on any atom is -0.493 e. The molecule has 1 saturated carbocycles. The van der Waals surface area contributed by atoms with Gasteiger partial charge in [0.25, 0.3) is 0 Å². The maximum Gasteiger partial charge on any atom is 0.237 e. The van der Waals surface area contributed by atoms with Gasteiger partial charge >= 0.3 is 0 Å². The minimum absolute atomic E-state index is 0.0696. The van der Waals surface area contributed by atoms with Crippen LogP contribution in [-0.2, 0) is 19.1 Å². The number of nitriles is 1. The molecular formula is C40H51N7O6. The third kappa shape index (κ3) is 8.84. The van der Waals surface area contributed by atoms with Crippen molar-refractivity contribution in [3.8, 4) is 17.6 Å². The van der Waals surface area contributed by atoms with Crippen LogP contribution < -0.4 is 20.1 Å². The van der Waals surface area contributed by atoms with E-state index in [9.17, 15) is 14.9 Å². The van der Waals surface area contributed by atoms with Gasteiger partial charge < -0.3 is 39.5 Å². The molecule has 4 heterocycles. The number of aromatic amines is 1. The predicted molar refractivity (Wildman–Crippen MR) is 202 cm³/mol. The Bertz CT molecular complexity index is 1920. The molecule has 7 rings (SSSR count). The molecule has 2 aromatic carbocycles. The molecule has 0 unspecified atom stereocenters. The first-order valence-electron chi connectivity index (χ1n) is 19.1. The topological polar surface area (TPSA) is 154 Å². The molecule has 1 aliphatic carbocycles. The highest BCUT2D eigenvalue weighted by atomic mass is 16.5. The largest absolute Gasteiger partial charge is 0.493 e. The second-order valence-corrected chi connectivity index (χ2v) is 14.4. The summed E-state index contributed by atoms with van der Waals surface area (Å²) in [7, 11) is 1.64. The van der Waals surface area contributed by atoms with Gasteiger partial charge in [0.1, 0.15) is 0 Å². The second-order valence-electron chi connectivity index (χ2n) is 14.4. The number of pyridine rings is 1. The average Bonchev–Trinajstić information content (AvgIpc) is 3.80. The average molecular weight is 726 g/mol. The van der Waals surface area contributed by atoms with Crippen molar-refractivity contribution in [2.75, 3.05) is 79.4 Å². The Balaban J connectivity index is 0.749. The van der Waals surface area contributed by atoms with Gasteiger partial charge in [-0.3, -0.25) is 19.5 Å². The number of methoxy groups -OCH3 is 1. The first kappa shape index (κ1) is 36.9. The number of nitrogens with zero attached hydrogens (tertiary/aromatic N) is 4. The summed E-state index contributed by atoms with van der Waals surface area (Å²) >= 11 is 0. The van der Waals surface area contributed by atoms with Crippen LogP contribution in [0, 0.1) is 17.2 Å². The van der Waals surface area contributed by atoms with Crippen LogP contribution in [0.2, 0.25) is 0 Å². The number of hydrogen-bond acceptors (Lipinski definition) is 10. The van der Waals surface area contributed by atoms with Crippen molar-refractivity contribution in [3.63, 3.8) is 0 Å². The van der Waals surface area contributed by atoms with Crippen LogP contribution in [0.4, 0.5) is 0 Å². The summed E-state index contributed by atoms with van der Waals surface area (Å²) in [5.74, 6) is 2.13. The molecule has 0 radical (unpaired) electrons. The van der Waals surface area contributed by atoms with E-state index in [1.807, 2.05) is 41.4 Å². The fourth-order valence-corrected chi connectivity index (χ4v) is 8.12. The minimum atomic E-state index is -0.0696. The van der Waals surface area contributed by atoms with E-state index in [0.29, 0.717) is 88.1 Å². The Kier molecular flexibility index (Phi) is 12.2. The molecule has 3 N–H and O–H groups in total. The number of hydrogen-bond donors (Lipinski definition) is 3. The zero-order valence-electron chi connectivity index (χ0n) is 30.7. The van der Waals surface area contributed by atoms with Gasteiger partial charge in [-0.2, -0.15) is 5.26 Å². The summed E-state index contributed by atoms with van der Waals surface area (Å²) in [6, 6.07) is 12.1. The van der Waals surface area contributed by atoms with Crippen LogP contribution in [0.3, 0.4) is 0 Å². The molecule has 282 valence electrons. The van der Waals surface area contributed by atoms with E-state index in [2.05, 4.69) is 26.6 Å². The number of ether oxygens (including phenoxy) is 4. The molecular weight excluding hydrogens is 674 g/mol. The van der Waals surface area contributed by atoms with Gasteiger partial charge in [-0.05, 0) is 49.8 Å². The summed E-state index contributed by atoms with van der Waals surface area (Å²) in [6.45, 7) is 6.63. The van der Waals surface area contributed by atoms with Gasteiger partial charge in [0.15, 0.2) is 11.5 Å². The number of aromatic nitrogens is 2. The maximum atomic E-state index is 12.7. The van der Waals surface area contributed by atoms with Gasteiger partial charge in [-0.15, -0.1) is 0 Å². The molecule has 4 aromatic rings. The lowest BCUT2D eigenvalue weighted by Gasteiger charge is -2.34. The third-order valence-electron chi connectivity index (χ3n) is 11.0. The van der Waals surface area contributed by atoms with Crippen molar-refractivity contribution in [2.45, 2.75) is 57.0 Å². The summed E-state index contributed by atoms with van der Waals surface area (Å²) in [6.07, 6.45) is 8.97. The SMILES string of the molecule is COc1cc2c(cc1OCCCN1CCN(C(=O)CCOCCOCCNC(=O)[C@@H]3C[C@@H]4CCCC[C@@H]4N3)CC1)ncc1c3ccc(C#N)cc3[nH]c21. The monoisotopic (exact) mass is 725 g/mol. The Morgan fingerprint density at radius 3 is 2.60 bits per heavy atom. The highest BCUT2D eigenvalue weighted by molar-refractivity contribution is 6.16. The number of carbonyl (C=O) groups excluding carboxylic acids is 2. The van der Waals surface area contributed by atoms with Crippen molar-refractivity contribution in [3.05, 3.63) is 42.1 Å². The molecule has 53 heavy (non-hydrogen) atoms. The molecule has 3 atom stereocenters. The van der Waals surface area contributed by atoms with Crippen molar-refractivity contribution in [2.24, 2.45) is 5.92 Å². The number of H-pyrrole nitrogens is 1. The normalized spacial score (nSPS) is 20.5. The van der Waals surface area contributed by atoms with Gasteiger partial charge in [0, 0.05) is 79.2 Å². The Morgan fingerprint density at radius 2 is 1.79 bits per heavy atom. The molecule has 13 nitrogen and oxygen atoms in total. The zero-order valence-corrected chi connectivity index (χ0v) is 30.7. The van der Waals surface area contributed by atoms with Crippen LogP contribution in [0.1, 0.15) is 50.5 Å². The van der Waals surface area contributed by atoms with E-state index in [1.165, 1.54) is 25.7 Å². The molecule has 2 saturated heterocycles. The molecule has 3 fully saturated rings. The first-order chi connectivity index (χ1) is 26.0. The smallest absolute Gasteiger partial charge is 0.237 e. The summed E-state index contributed by atoms with van der Waals surface area (Å²) in [5, 5.41) is 18.7. The van der Waals surface area contributed by atoms with Crippen molar-refractivity contribution < 1.29 is 28.5 Å². The summed E-state index contributed by atoms with van der Waals surface area (Å²) < 4.78 is 23.1. The number of benzene rings is 2. The van der Waals surface area contributed by atoms with Crippen molar-refractivity contribution in [1.82, 2.24) is 30.4 Å². The summed E-state index contributed by atoms with van der Waals surface area (Å²) in [4.78, 5) is 37.7. The van der Waals surface area contributed by atoms with Gasteiger partial charge in [-0.25, -0.2) is 0 Å². The van der Waals surface area contributed by atoms with E-state index >= 15 is 0 Å². The summed E-state index contributed by atoms with van der Waals surface area (Å²) in [5.41, 5.74) is 3.25. The van der Waals surface area contributed by atoms with Crippen molar-refractivity contribution >= 4 is 44.5 Å². The molecule has 0 bridgehead atoms. The molecule has 2 aliphatic heterocycles. The fraction of sp³-hybridized carbons (Fsp3) is 0.550. The van der Waals surface area contributed by atoms with Gasteiger partial charge in [0.2, 0.25) is 11.8 Å². The number of piperazine rings is 1. The van der Waals surface area contributed by atoms with E-state index < -0.39 is 0 Å². The van der Waals surface area contributed by atoms with E-state index in [1.54, 1.807) is 7.11 Å². The molecule has 13 heteroatoms.